The lowest BCUT2D eigenvalue weighted by molar-refractivity contribution is 0.0660. The molecule has 15 heavy (non-hydrogen) atoms. The third-order valence-electron chi connectivity index (χ3n) is 1.93. The van der Waals surface area contributed by atoms with Gasteiger partial charge in [0.15, 0.2) is 0 Å². The van der Waals surface area contributed by atoms with Crippen molar-refractivity contribution in [2.75, 3.05) is 6.54 Å². The fourth-order valence-corrected chi connectivity index (χ4v) is 1.20. The van der Waals surface area contributed by atoms with E-state index >= 15 is 0 Å². The Morgan fingerprint density at radius 3 is 3.13 bits per heavy atom. The molecule has 0 atom stereocenters. The summed E-state index contributed by atoms with van der Waals surface area (Å²) in [6.45, 7) is 1.26. The molecule has 4 nitrogen and oxygen atoms in total. The number of nitrogens with one attached hydrogen (secondary N) is 1. The van der Waals surface area contributed by atoms with Gasteiger partial charge in [-0.3, -0.25) is 0 Å². The molecule has 0 aromatic carbocycles. The predicted octanol–water partition coefficient (Wildman–Crippen LogP) is 1.48. The molecule has 80 valence electrons. The van der Waals surface area contributed by atoms with Gasteiger partial charge in [0.05, 0.1) is 6.26 Å². The van der Waals surface area contributed by atoms with Crippen molar-refractivity contribution in [1.29, 1.82) is 0 Å². The van der Waals surface area contributed by atoms with E-state index in [0.29, 0.717) is 12.1 Å². The van der Waals surface area contributed by atoms with Gasteiger partial charge in [-0.25, -0.2) is 4.79 Å². The van der Waals surface area contributed by atoms with Crippen LogP contribution in [-0.2, 0) is 6.54 Å². The van der Waals surface area contributed by atoms with E-state index in [1.807, 2.05) is 0 Å². The summed E-state index contributed by atoms with van der Waals surface area (Å²) in [5, 5.41) is 11.8. The molecule has 0 aliphatic rings. The number of unbranched alkanes of at least 4 members (excludes halogenated alkanes) is 1. The van der Waals surface area contributed by atoms with Crippen molar-refractivity contribution >= 4 is 5.97 Å². The molecule has 1 rings (SSSR count). The molecule has 4 heteroatoms. The predicted molar refractivity (Wildman–Crippen MR) is 55.4 cm³/mol. The van der Waals surface area contributed by atoms with Gasteiger partial charge >= 0.3 is 5.97 Å². The molecule has 0 radical (unpaired) electrons. The van der Waals surface area contributed by atoms with Gasteiger partial charge in [0.25, 0.3) is 0 Å². The van der Waals surface area contributed by atoms with E-state index in [1.165, 1.54) is 6.26 Å². The Balaban J connectivity index is 2.35. The molecule has 0 amide bonds. The maximum absolute atomic E-state index is 10.7. The van der Waals surface area contributed by atoms with Crippen LogP contribution in [0.15, 0.2) is 16.7 Å². The van der Waals surface area contributed by atoms with Gasteiger partial charge in [-0.15, -0.1) is 12.3 Å². The highest BCUT2D eigenvalue weighted by atomic mass is 16.4. The minimum Gasteiger partial charge on any atom is -0.475 e. The Morgan fingerprint density at radius 2 is 2.47 bits per heavy atom. The van der Waals surface area contributed by atoms with Crippen molar-refractivity contribution in [3.05, 3.63) is 23.7 Å². The topological polar surface area (TPSA) is 62.5 Å². The van der Waals surface area contributed by atoms with Gasteiger partial charge in [0.2, 0.25) is 5.76 Å². The van der Waals surface area contributed by atoms with Crippen LogP contribution in [0, 0.1) is 12.3 Å². The highest BCUT2D eigenvalue weighted by Gasteiger charge is 2.12. The number of furan rings is 1. The van der Waals surface area contributed by atoms with Crippen LogP contribution in [0.3, 0.4) is 0 Å². The first-order valence-corrected chi connectivity index (χ1v) is 4.69. The number of aromatic carboxylic acids is 1. The maximum atomic E-state index is 10.7. The van der Waals surface area contributed by atoms with Crippen molar-refractivity contribution in [2.24, 2.45) is 0 Å². The Labute approximate surface area is 88.3 Å². The van der Waals surface area contributed by atoms with Crippen molar-refractivity contribution in [1.82, 2.24) is 5.32 Å². The molecular weight excluding hydrogens is 194 g/mol. The molecule has 0 saturated carbocycles. The summed E-state index contributed by atoms with van der Waals surface area (Å²) in [7, 11) is 0. The maximum Gasteiger partial charge on any atom is 0.372 e. The zero-order valence-corrected chi connectivity index (χ0v) is 8.32. The molecule has 0 unspecified atom stereocenters. The second-order valence-corrected chi connectivity index (χ2v) is 3.06. The number of hydrogen-bond donors (Lipinski definition) is 2. The molecule has 1 heterocycles. The number of terminal acetylenes is 1. The van der Waals surface area contributed by atoms with Crippen LogP contribution in [0.2, 0.25) is 0 Å². The van der Waals surface area contributed by atoms with E-state index in [0.717, 1.165) is 19.4 Å². The van der Waals surface area contributed by atoms with Crippen molar-refractivity contribution in [2.45, 2.75) is 19.4 Å². The van der Waals surface area contributed by atoms with E-state index in [1.54, 1.807) is 6.07 Å². The fourth-order valence-electron chi connectivity index (χ4n) is 1.20. The SMILES string of the molecule is C#CCCCNCc1ccoc1C(=O)O. The summed E-state index contributed by atoms with van der Waals surface area (Å²) in [6, 6.07) is 1.65. The van der Waals surface area contributed by atoms with E-state index in [4.69, 9.17) is 15.9 Å². The van der Waals surface area contributed by atoms with Crippen molar-refractivity contribution < 1.29 is 14.3 Å². The minimum absolute atomic E-state index is 0.000509. The van der Waals surface area contributed by atoms with E-state index in [2.05, 4.69) is 11.2 Å². The van der Waals surface area contributed by atoms with Gasteiger partial charge in [0.1, 0.15) is 0 Å². The van der Waals surface area contributed by atoms with E-state index in [-0.39, 0.29) is 5.76 Å². The van der Waals surface area contributed by atoms with E-state index in [9.17, 15) is 4.79 Å². The minimum atomic E-state index is -1.04. The molecular formula is C11H13NO3. The molecule has 0 saturated heterocycles. The lowest BCUT2D eigenvalue weighted by Gasteiger charge is -2.01. The molecule has 0 spiro atoms. The quantitative estimate of drug-likeness (QED) is 0.548. The van der Waals surface area contributed by atoms with Gasteiger partial charge < -0.3 is 14.8 Å². The molecule has 0 aliphatic heterocycles. The number of carboxylic acid groups (broad SMARTS) is 1. The lowest BCUT2D eigenvalue weighted by atomic mass is 10.2. The standard InChI is InChI=1S/C11H13NO3/c1-2-3-4-6-12-8-9-5-7-15-10(9)11(13)14/h1,5,7,12H,3-4,6,8H2,(H,13,14). The summed E-state index contributed by atoms with van der Waals surface area (Å²) >= 11 is 0. The monoisotopic (exact) mass is 207 g/mol. The second kappa shape index (κ2) is 5.89. The average Bonchev–Trinajstić information content (AvgIpc) is 2.66. The number of rotatable bonds is 6. The van der Waals surface area contributed by atoms with Crippen LogP contribution in [-0.4, -0.2) is 17.6 Å². The molecule has 0 bridgehead atoms. The van der Waals surface area contributed by atoms with Gasteiger partial charge in [-0.1, -0.05) is 0 Å². The first-order chi connectivity index (χ1) is 7.25. The summed E-state index contributed by atoms with van der Waals surface area (Å²) in [5.41, 5.74) is 0.656. The zero-order chi connectivity index (χ0) is 11.1. The first-order valence-electron chi connectivity index (χ1n) is 4.69. The van der Waals surface area contributed by atoms with Crippen LogP contribution < -0.4 is 5.32 Å². The Bertz CT molecular complexity index is 362. The summed E-state index contributed by atoms with van der Waals surface area (Å²) < 4.78 is 4.83. The smallest absolute Gasteiger partial charge is 0.372 e. The van der Waals surface area contributed by atoms with Gasteiger partial charge in [-0.05, 0) is 19.0 Å². The molecule has 0 fully saturated rings. The number of carboxylic acids is 1. The van der Waals surface area contributed by atoms with Crippen LogP contribution in [0.1, 0.15) is 29.0 Å². The third kappa shape index (κ3) is 3.49. The highest BCUT2D eigenvalue weighted by Crippen LogP contribution is 2.09. The Morgan fingerprint density at radius 1 is 1.67 bits per heavy atom. The first kappa shape index (κ1) is 11.3. The largest absolute Gasteiger partial charge is 0.475 e. The van der Waals surface area contributed by atoms with Crippen molar-refractivity contribution in [3.63, 3.8) is 0 Å². The lowest BCUT2D eigenvalue weighted by Crippen LogP contribution is -2.15. The van der Waals surface area contributed by atoms with Crippen molar-refractivity contribution in [3.8, 4) is 12.3 Å². The van der Waals surface area contributed by atoms with E-state index < -0.39 is 5.97 Å². The fraction of sp³-hybridized carbons (Fsp3) is 0.364. The summed E-state index contributed by atoms with van der Waals surface area (Å²) in [6.07, 6.45) is 8.09. The third-order valence-corrected chi connectivity index (χ3v) is 1.93. The van der Waals surface area contributed by atoms with Crippen LogP contribution in [0.25, 0.3) is 0 Å². The molecule has 1 aromatic heterocycles. The highest BCUT2D eigenvalue weighted by molar-refractivity contribution is 5.86. The zero-order valence-electron chi connectivity index (χ0n) is 8.32. The van der Waals surface area contributed by atoms with Crippen LogP contribution >= 0.6 is 0 Å². The number of carbonyl (C=O) groups is 1. The van der Waals surface area contributed by atoms with Crippen LogP contribution in [0.4, 0.5) is 0 Å². The number of hydrogen-bond acceptors (Lipinski definition) is 3. The second-order valence-electron chi connectivity index (χ2n) is 3.06. The Hall–Kier alpha value is -1.73. The average molecular weight is 207 g/mol. The molecule has 0 aliphatic carbocycles. The van der Waals surface area contributed by atoms with Gasteiger partial charge in [-0.2, -0.15) is 0 Å². The Kier molecular flexibility index (Phi) is 4.45. The van der Waals surface area contributed by atoms with Gasteiger partial charge in [0, 0.05) is 18.5 Å². The molecule has 1 aromatic rings. The molecule has 2 N–H and O–H groups in total. The normalized spacial score (nSPS) is 9.80. The summed E-state index contributed by atoms with van der Waals surface area (Å²) in [5.74, 6) is 1.50. The van der Waals surface area contributed by atoms with Crippen LogP contribution in [0.5, 0.6) is 0 Å². The summed E-state index contributed by atoms with van der Waals surface area (Å²) in [4.78, 5) is 10.7.